The first-order chi connectivity index (χ1) is 8.15. The predicted molar refractivity (Wildman–Crippen MR) is 70.6 cm³/mol. The number of piperidine rings is 1. The summed E-state index contributed by atoms with van der Waals surface area (Å²) >= 11 is 6.10. The first kappa shape index (κ1) is 12.4. The van der Waals surface area contributed by atoms with Gasteiger partial charge in [0.15, 0.2) is 0 Å². The van der Waals surface area contributed by atoms with E-state index in [1.165, 1.54) is 0 Å². The highest BCUT2D eigenvalue weighted by Gasteiger charge is 2.29. The van der Waals surface area contributed by atoms with Crippen molar-refractivity contribution in [3.05, 3.63) is 28.8 Å². The van der Waals surface area contributed by atoms with Crippen molar-refractivity contribution in [1.82, 2.24) is 5.32 Å². The van der Waals surface area contributed by atoms with Crippen LogP contribution in [0.1, 0.15) is 18.4 Å². The number of halogens is 1. The Labute approximate surface area is 107 Å². The van der Waals surface area contributed by atoms with E-state index < -0.39 is 0 Å². The fourth-order valence-electron chi connectivity index (χ4n) is 2.27. The van der Waals surface area contributed by atoms with Gasteiger partial charge in [0.25, 0.3) is 0 Å². The van der Waals surface area contributed by atoms with Crippen LogP contribution in [-0.2, 0) is 4.79 Å². The number of hydrogen-bond acceptors (Lipinski definition) is 2. The molecule has 1 aromatic rings. The maximum Gasteiger partial charge on any atom is 0.244 e. The van der Waals surface area contributed by atoms with Gasteiger partial charge in [0, 0.05) is 17.3 Å². The lowest BCUT2D eigenvalue weighted by atomic mass is 10.0. The Morgan fingerprint density at radius 1 is 1.47 bits per heavy atom. The Morgan fingerprint density at radius 2 is 2.24 bits per heavy atom. The second kappa shape index (κ2) is 5.07. The van der Waals surface area contributed by atoms with Gasteiger partial charge in [0.05, 0.1) is 6.04 Å². The molecule has 0 saturated carbocycles. The normalized spacial score (nSPS) is 20.8. The van der Waals surface area contributed by atoms with Gasteiger partial charge in [0.2, 0.25) is 5.91 Å². The van der Waals surface area contributed by atoms with E-state index in [2.05, 4.69) is 5.32 Å². The first-order valence-corrected chi connectivity index (χ1v) is 6.26. The van der Waals surface area contributed by atoms with Gasteiger partial charge in [-0.3, -0.25) is 4.79 Å². The van der Waals surface area contributed by atoms with Crippen LogP contribution in [0.15, 0.2) is 18.2 Å². The molecule has 0 aromatic heterocycles. The Bertz CT molecular complexity index is 433. The summed E-state index contributed by atoms with van der Waals surface area (Å²) in [5.41, 5.74) is 1.90. The second-order valence-corrected chi connectivity index (χ2v) is 4.76. The minimum Gasteiger partial charge on any atom is -0.311 e. The number of rotatable bonds is 2. The predicted octanol–water partition coefficient (Wildman–Crippen LogP) is 2.36. The molecule has 1 fully saturated rings. The van der Waals surface area contributed by atoms with Crippen LogP contribution in [0.5, 0.6) is 0 Å². The van der Waals surface area contributed by atoms with E-state index in [4.69, 9.17) is 11.6 Å². The summed E-state index contributed by atoms with van der Waals surface area (Å²) in [5, 5.41) is 3.77. The van der Waals surface area contributed by atoms with Crippen molar-refractivity contribution < 1.29 is 4.79 Å². The number of nitrogens with zero attached hydrogens (tertiary/aromatic N) is 1. The lowest BCUT2D eigenvalue weighted by molar-refractivity contribution is -0.121. The molecule has 1 unspecified atom stereocenters. The summed E-state index contributed by atoms with van der Waals surface area (Å²) in [6.07, 6.45) is 1.93. The molecule has 92 valence electrons. The zero-order valence-electron chi connectivity index (χ0n) is 10.2. The maximum absolute atomic E-state index is 12.2. The van der Waals surface area contributed by atoms with Crippen LogP contribution in [0.25, 0.3) is 0 Å². The number of carbonyl (C=O) groups is 1. The van der Waals surface area contributed by atoms with Crippen molar-refractivity contribution in [1.29, 1.82) is 0 Å². The molecule has 1 heterocycles. The summed E-state index contributed by atoms with van der Waals surface area (Å²) in [6, 6.07) is 5.63. The Hall–Kier alpha value is -1.06. The summed E-state index contributed by atoms with van der Waals surface area (Å²) in [5.74, 6) is 0.143. The summed E-state index contributed by atoms with van der Waals surface area (Å²) in [6.45, 7) is 2.73. The molecule has 1 N–H and O–H groups in total. The maximum atomic E-state index is 12.2. The van der Waals surface area contributed by atoms with Gasteiger partial charge in [-0.05, 0) is 44.5 Å². The highest BCUT2D eigenvalue weighted by Crippen LogP contribution is 2.29. The minimum atomic E-state index is -0.0675. The third kappa shape index (κ3) is 2.31. The molecule has 1 atom stereocenters. The monoisotopic (exact) mass is 252 g/mol. The smallest absolute Gasteiger partial charge is 0.244 e. The molecule has 0 bridgehead atoms. The molecule has 4 heteroatoms. The average Bonchev–Trinajstić information content (AvgIpc) is 2.33. The number of benzene rings is 1. The van der Waals surface area contributed by atoms with Gasteiger partial charge in [0.1, 0.15) is 0 Å². The number of likely N-dealkylation sites (N-methyl/N-ethyl adjacent to an activating group) is 1. The number of hydrogen-bond donors (Lipinski definition) is 1. The molecule has 1 aromatic carbocycles. The summed E-state index contributed by atoms with van der Waals surface area (Å²) in [4.78, 5) is 14.1. The zero-order chi connectivity index (χ0) is 12.4. The van der Waals surface area contributed by atoms with E-state index in [0.29, 0.717) is 5.02 Å². The average molecular weight is 253 g/mol. The molecule has 1 saturated heterocycles. The topological polar surface area (TPSA) is 32.3 Å². The third-order valence-corrected chi connectivity index (χ3v) is 3.73. The van der Waals surface area contributed by atoms with E-state index in [1.807, 2.05) is 37.1 Å². The molecule has 1 aliphatic rings. The molecule has 1 aliphatic heterocycles. The van der Waals surface area contributed by atoms with Crippen molar-refractivity contribution in [3.63, 3.8) is 0 Å². The van der Waals surface area contributed by atoms with Gasteiger partial charge in [-0.1, -0.05) is 17.7 Å². The van der Waals surface area contributed by atoms with Crippen LogP contribution in [0, 0.1) is 6.92 Å². The molecule has 0 radical (unpaired) electrons. The van der Waals surface area contributed by atoms with Crippen molar-refractivity contribution in [3.8, 4) is 0 Å². The van der Waals surface area contributed by atoms with Crippen LogP contribution in [0.3, 0.4) is 0 Å². The van der Waals surface area contributed by atoms with Crippen LogP contribution in [0.4, 0.5) is 5.69 Å². The van der Waals surface area contributed by atoms with E-state index in [-0.39, 0.29) is 11.9 Å². The van der Waals surface area contributed by atoms with Gasteiger partial charge in [-0.2, -0.15) is 0 Å². The molecule has 3 nitrogen and oxygen atoms in total. The van der Waals surface area contributed by atoms with E-state index in [1.54, 1.807) is 0 Å². The van der Waals surface area contributed by atoms with Gasteiger partial charge < -0.3 is 10.2 Å². The SMILES string of the molecule is CNC1CCCN(c2cccc(Cl)c2C)C1=O. The molecule has 1 amide bonds. The van der Waals surface area contributed by atoms with Crippen molar-refractivity contribution >= 4 is 23.2 Å². The zero-order valence-corrected chi connectivity index (χ0v) is 10.9. The largest absolute Gasteiger partial charge is 0.311 e. The third-order valence-electron chi connectivity index (χ3n) is 3.32. The first-order valence-electron chi connectivity index (χ1n) is 5.89. The number of carbonyl (C=O) groups excluding carboxylic acids is 1. The quantitative estimate of drug-likeness (QED) is 0.877. The molecule has 2 rings (SSSR count). The summed E-state index contributed by atoms with van der Waals surface area (Å²) in [7, 11) is 1.83. The van der Waals surface area contributed by atoms with Crippen molar-refractivity contribution in [2.75, 3.05) is 18.5 Å². The highest BCUT2D eigenvalue weighted by atomic mass is 35.5. The molecular formula is C13H17ClN2O. The van der Waals surface area contributed by atoms with Gasteiger partial charge in [-0.25, -0.2) is 0 Å². The fraction of sp³-hybridized carbons (Fsp3) is 0.462. The van der Waals surface area contributed by atoms with Crippen LogP contribution in [0.2, 0.25) is 5.02 Å². The number of nitrogens with one attached hydrogen (secondary N) is 1. The Balaban J connectivity index is 2.33. The lowest BCUT2D eigenvalue weighted by Gasteiger charge is -2.33. The van der Waals surface area contributed by atoms with Crippen molar-refractivity contribution in [2.45, 2.75) is 25.8 Å². The number of amides is 1. The Kier molecular flexibility index (Phi) is 3.69. The van der Waals surface area contributed by atoms with E-state index in [9.17, 15) is 4.79 Å². The standard InChI is InChI=1S/C13H17ClN2O/c1-9-10(14)5-3-7-12(9)16-8-4-6-11(15-2)13(16)17/h3,5,7,11,15H,4,6,8H2,1-2H3. The summed E-state index contributed by atoms with van der Waals surface area (Å²) < 4.78 is 0. The Morgan fingerprint density at radius 3 is 2.94 bits per heavy atom. The lowest BCUT2D eigenvalue weighted by Crippen LogP contribution is -2.50. The van der Waals surface area contributed by atoms with Crippen LogP contribution in [-0.4, -0.2) is 25.5 Å². The molecular weight excluding hydrogens is 236 g/mol. The van der Waals surface area contributed by atoms with Crippen LogP contribution >= 0.6 is 11.6 Å². The molecule has 17 heavy (non-hydrogen) atoms. The highest BCUT2D eigenvalue weighted by molar-refractivity contribution is 6.31. The van der Waals surface area contributed by atoms with Gasteiger partial charge >= 0.3 is 0 Å². The molecule has 0 spiro atoms. The minimum absolute atomic E-state index is 0.0675. The molecule has 0 aliphatic carbocycles. The van der Waals surface area contributed by atoms with E-state index in [0.717, 1.165) is 30.6 Å². The van der Waals surface area contributed by atoms with E-state index >= 15 is 0 Å². The van der Waals surface area contributed by atoms with Crippen LogP contribution < -0.4 is 10.2 Å². The van der Waals surface area contributed by atoms with Crippen molar-refractivity contribution in [2.24, 2.45) is 0 Å². The second-order valence-electron chi connectivity index (χ2n) is 4.36. The number of anilines is 1. The fourth-order valence-corrected chi connectivity index (χ4v) is 2.44. The van der Waals surface area contributed by atoms with Gasteiger partial charge in [-0.15, -0.1) is 0 Å².